The van der Waals surface area contributed by atoms with Gasteiger partial charge in [0, 0.05) is 44.7 Å². The predicted molar refractivity (Wildman–Crippen MR) is 239 cm³/mol. The third kappa shape index (κ3) is 5.87. The van der Waals surface area contributed by atoms with E-state index in [0.717, 1.165) is 62.3 Å². The SMILES string of the molecule is CC1(C)c2ccccc2Oc2c(-c3ccc(N(c4ccc(-c5ccccc5)cc4)c4ccc(-c5cccc6c5Oc5ccccc5[Si]6(C)C)cc4)cc3)cccc21. The van der Waals surface area contributed by atoms with E-state index in [1.165, 1.54) is 32.6 Å². The van der Waals surface area contributed by atoms with Crippen LogP contribution in [0.2, 0.25) is 13.1 Å². The second-order valence-electron chi connectivity index (χ2n) is 16.2. The van der Waals surface area contributed by atoms with Crippen LogP contribution in [0, 0.1) is 0 Å². The molecule has 0 saturated heterocycles. The van der Waals surface area contributed by atoms with E-state index in [-0.39, 0.29) is 5.41 Å². The summed E-state index contributed by atoms with van der Waals surface area (Å²) in [5, 5.41) is 2.68. The third-order valence-corrected chi connectivity index (χ3v) is 15.5. The molecule has 0 radical (unpaired) electrons. The van der Waals surface area contributed by atoms with Gasteiger partial charge in [0.15, 0.2) is 0 Å². The highest BCUT2D eigenvalue weighted by molar-refractivity contribution is 7.01. The summed E-state index contributed by atoms with van der Waals surface area (Å²) in [6.07, 6.45) is 0. The fraction of sp³-hybridized carbons (Fsp3) is 0.0943. The molecule has 10 rings (SSSR count). The minimum Gasteiger partial charge on any atom is -0.457 e. The van der Waals surface area contributed by atoms with E-state index in [1.807, 2.05) is 6.07 Å². The van der Waals surface area contributed by atoms with Crippen molar-refractivity contribution in [3.63, 3.8) is 0 Å². The van der Waals surface area contributed by atoms with Crippen molar-refractivity contribution in [2.75, 3.05) is 4.90 Å². The van der Waals surface area contributed by atoms with Crippen LogP contribution in [-0.2, 0) is 5.41 Å². The van der Waals surface area contributed by atoms with Crippen molar-refractivity contribution >= 4 is 35.5 Å². The lowest BCUT2D eigenvalue weighted by molar-refractivity contribution is 0.419. The number of para-hydroxylation sites is 4. The fourth-order valence-corrected chi connectivity index (χ4v) is 11.7. The molecule has 0 aliphatic carbocycles. The third-order valence-electron chi connectivity index (χ3n) is 12.0. The number of nitrogens with zero attached hydrogens (tertiary/aromatic N) is 1. The molecule has 3 nitrogen and oxygen atoms in total. The first-order valence-electron chi connectivity index (χ1n) is 19.8. The summed E-state index contributed by atoms with van der Waals surface area (Å²) in [5.41, 5.74) is 12.3. The molecule has 0 amide bonds. The van der Waals surface area contributed by atoms with Gasteiger partial charge in [-0.1, -0.05) is 166 Å². The summed E-state index contributed by atoms with van der Waals surface area (Å²) in [7, 11) is -1.94. The van der Waals surface area contributed by atoms with Gasteiger partial charge in [0.1, 0.15) is 31.1 Å². The Morgan fingerprint density at radius 2 is 0.842 bits per heavy atom. The van der Waals surface area contributed by atoms with Crippen molar-refractivity contribution < 1.29 is 9.47 Å². The molecule has 57 heavy (non-hydrogen) atoms. The Morgan fingerprint density at radius 3 is 1.49 bits per heavy atom. The Hall–Kier alpha value is -6.62. The summed E-state index contributed by atoms with van der Waals surface area (Å²) in [6.45, 7) is 9.41. The molecule has 0 unspecified atom stereocenters. The molecule has 2 aliphatic rings. The highest BCUT2D eigenvalue weighted by Crippen LogP contribution is 2.51. The number of anilines is 3. The number of fused-ring (bicyclic) bond motifs is 4. The van der Waals surface area contributed by atoms with E-state index < -0.39 is 8.07 Å². The summed E-state index contributed by atoms with van der Waals surface area (Å²) < 4.78 is 13.3. The van der Waals surface area contributed by atoms with Crippen molar-refractivity contribution in [3.05, 3.63) is 199 Å². The second kappa shape index (κ2) is 13.5. The molecule has 0 aromatic heterocycles. The number of hydrogen-bond donors (Lipinski definition) is 0. The van der Waals surface area contributed by atoms with E-state index in [1.54, 1.807) is 0 Å². The molecule has 8 aromatic carbocycles. The number of rotatable bonds is 6. The lowest BCUT2D eigenvalue weighted by Gasteiger charge is -2.35. The Labute approximate surface area is 336 Å². The van der Waals surface area contributed by atoms with Gasteiger partial charge in [0.2, 0.25) is 0 Å². The predicted octanol–water partition coefficient (Wildman–Crippen LogP) is 13.5. The van der Waals surface area contributed by atoms with Crippen LogP contribution in [-0.4, -0.2) is 8.07 Å². The van der Waals surface area contributed by atoms with E-state index in [0.29, 0.717) is 0 Å². The van der Waals surface area contributed by atoms with Gasteiger partial charge >= 0.3 is 0 Å². The molecule has 0 N–H and O–H groups in total. The van der Waals surface area contributed by atoms with E-state index >= 15 is 0 Å². The lowest BCUT2D eigenvalue weighted by Crippen LogP contribution is -2.56. The average Bonchev–Trinajstić information content (AvgIpc) is 3.25. The Balaban J connectivity index is 1.03. The topological polar surface area (TPSA) is 21.7 Å². The maximum absolute atomic E-state index is 6.69. The van der Waals surface area contributed by atoms with Crippen LogP contribution in [0.5, 0.6) is 23.0 Å². The minimum absolute atomic E-state index is 0.178. The molecule has 4 heteroatoms. The van der Waals surface area contributed by atoms with Crippen LogP contribution in [0.3, 0.4) is 0 Å². The first-order valence-corrected chi connectivity index (χ1v) is 22.8. The molecule has 0 saturated carbocycles. The molecular formula is C53H43NO2Si. The zero-order valence-electron chi connectivity index (χ0n) is 32.7. The summed E-state index contributed by atoms with van der Waals surface area (Å²) in [6, 6.07) is 67.3. The minimum atomic E-state index is -1.94. The lowest BCUT2D eigenvalue weighted by atomic mass is 9.75. The average molecular weight is 754 g/mol. The first kappa shape index (κ1) is 34.8. The van der Waals surface area contributed by atoms with Crippen molar-refractivity contribution in [2.45, 2.75) is 32.4 Å². The van der Waals surface area contributed by atoms with Crippen LogP contribution in [0.25, 0.3) is 33.4 Å². The van der Waals surface area contributed by atoms with Crippen LogP contribution < -0.4 is 24.7 Å². The van der Waals surface area contributed by atoms with Gasteiger partial charge in [-0.3, -0.25) is 0 Å². The Morgan fingerprint density at radius 1 is 0.386 bits per heavy atom. The molecule has 0 spiro atoms. The largest absolute Gasteiger partial charge is 0.457 e. The Kier molecular flexibility index (Phi) is 8.28. The van der Waals surface area contributed by atoms with Crippen molar-refractivity contribution in [1.82, 2.24) is 0 Å². The number of hydrogen-bond acceptors (Lipinski definition) is 3. The van der Waals surface area contributed by atoms with Gasteiger partial charge in [0.05, 0.1) is 0 Å². The fourth-order valence-electron chi connectivity index (χ4n) is 8.85. The molecule has 2 aliphatic heterocycles. The molecule has 0 atom stereocenters. The van der Waals surface area contributed by atoms with E-state index in [4.69, 9.17) is 9.47 Å². The van der Waals surface area contributed by atoms with Crippen LogP contribution in [0.4, 0.5) is 17.1 Å². The van der Waals surface area contributed by atoms with Gasteiger partial charge in [-0.05, 0) is 81.2 Å². The smallest absolute Gasteiger partial charge is 0.139 e. The van der Waals surface area contributed by atoms with Crippen molar-refractivity contribution in [2.24, 2.45) is 0 Å². The summed E-state index contributed by atoms with van der Waals surface area (Å²) >= 11 is 0. The Bertz CT molecular complexity index is 2620. The van der Waals surface area contributed by atoms with Gasteiger partial charge in [0.25, 0.3) is 0 Å². The van der Waals surface area contributed by atoms with E-state index in [2.05, 4.69) is 214 Å². The molecule has 276 valence electrons. The monoisotopic (exact) mass is 753 g/mol. The number of ether oxygens (including phenoxy) is 2. The van der Waals surface area contributed by atoms with E-state index in [9.17, 15) is 0 Å². The number of benzene rings is 8. The summed E-state index contributed by atoms with van der Waals surface area (Å²) in [5.74, 6) is 3.82. The van der Waals surface area contributed by atoms with Gasteiger partial charge in [-0.15, -0.1) is 0 Å². The maximum atomic E-state index is 6.69. The molecule has 8 aromatic rings. The van der Waals surface area contributed by atoms with Crippen molar-refractivity contribution in [1.29, 1.82) is 0 Å². The molecule has 2 heterocycles. The van der Waals surface area contributed by atoms with Crippen LogP contribution >= 0.6 is 0 Å². The first-order chi connectivity index (χ1) is 27.8. The second-order valence-corrected chi connectivity index (χ2v) is 20.5. The normalized spacial score (nSPS) is 14.2. The maximum Gasteiger partial charge on any atom is 0.139 e. The van der Waals surface area contributed by atoms with Crippen LogP contribution in [0.15, 0.2) is 188 Å². The van der Waals surface area contributed by atoms with Gasteiger partial charge in [-0.2, -0.15) is 0 Å². The molecule has 0 bridgehead atoms. The molecular weight excluding hydrogens is 711 g/mol. The van der Waals surface area contributed by atoms with Crippen molar-refractivity contribution in [3.8, 4) is 56.4 Å². The van der Waals surface area contributed by atoms with Gasteiger partial charge < -0.3 is 14.4 Å². The highest BCUT2D eigenvalue weighted by atomic mass is 28.3. The summed E-state index contributed by atoms with van der Waals surface area (Å²) in [4.78, 5) is 2.34. The highest BCUT2D eigenvalue weighted by Gasteiger charge is 2.38. The molecule has 0 fully saturated rings. The zero-order chi connectivity index (χ0) is 38.7. The zero-order valence-corrected chi connectivity index (χ0v) is 33.7. The van der Waals surface area contributed by atoms with Gasteiger partial charge in [-0.25, -0.2) is 0 Å². The quantitative estimate of drug-likeness (QED) is 0.158. The van der Waals surface area contributed by atoms with Crippen LogP contribution in [0.1, 0.15) is 25.0 Å². The standard InChI is InChI=1S/C53H43NO2Si/c1-53(2)45-18-8-9-20-47(45)55-51-43(16-12-19-46(51)53)38-26-32-41(33-27-38)54(40-30-24-37(25-31-40)36-14-6-5-7-15-36)42-34-28-39(29-35-42)44-17-13-23-50-52(44)56-48-21-10-11-22-49(48)57(50,3)4/h5-35H,1-4H3.